The number of piperazine rings is 1. The molecule has 1 fully saturated rings. The van der Waals surface area contributed by atoms with Gasteiger partial charge in [-0.3, -0.25) is 0 Å². The first kappa shape index (κ1) is 13.3. The first-order valence-electron chi connectivity index (χ1n) is 6.82. The highest BCUT2D eigenvalue weighted by Crippen LogP contribution is 2.20. The predicted molar refractivity (Wildman–Crippen MR) is 75.9 cm³/mol. The van der Waals surface area contributed by atoms with Crippen molar-refractivity contribution in [3.05, 3.63) is 23.9 Å². The number of nitrogens with one attached hydrogen (secondary N) is 1. The highest BCUT2D eigenvalue weighted by atomic mass is 15.3. The fourth-order valence-corrected chi connectivity index (χ4v) is 2.35. The van der Waals surface area contributed by atoms with Crippen LogP contribution in [0.2, 0.25) is 0 Å². The quantitative estimate of drug-likeness (QED) is 0.871. The third-order valence-electron chi connectivity index (χ3n) is 3.69. The molecule has 0 aliphatic carbocycles. The summed E-state index contributed by atoms with van der Waals surface area (Å²) >= 11 is 0. The van der Waals surface area contributed by atoms with Crippen LogP contribution in [0.15, 0.2) is 18.3 Å². The highest BCUT2D eigenvalue weighted by Gasteiger charge is 2.22. The zero-order valence-corrected chi connectivity index (χ0v) is 11.7. The summed E-state index contributed by atoms with van der Waals surface area (Å²) in [4.78, 5) is 9.40. The minimum atomic E-state index is 0.591. The number of anilines is 1. The largest absolute Gasteiger partial charge is 0.354 e. The molecule has 0 saturated carbocycles. The molecule has 0 spiro atoms. The van der Waals surface area contributed by atoms with Crippen LogP contribution in [0.25, 0.3) is 0 Å². The Bertz CT molecular complexity index is 380. The monoisotopic (exact) mass is 248 g/mol. The Morgan fingerprint density at radius 2 is 2.28 bits per heavy atom. The minimum Gasteiger partial charge on any atom is -0.354 e. The van der Waals surface area contributed by atoms with Crippen molar-refractivity contribution < 1.29 is 0 Å². The fourth-order valence-electron chi connectivity index (χ4n) is 2.35. The van der Waals surface area contributed by atoms with E-state index in [0.29, 0.717) is 6.04 Å². The lowest BCUT2D eigenvalue weighted by Crippen LogP contribution is -2.50. The van der Waals surface area contributed by atoms with E-state index < -0.39 is 0 Å². The van der Waals surface area contributed by atoms with Gasteiger partial charge in [0.05, 0.1) is 0 Å². The van der Waals surface area contributed by atoms with E-state index in [9.17, 15) is 0 Å². The molecule has 2 heterocycles. The van der Waals surface area contributed by atoms with Crippen molar-refractivity contribution in [1.82, 2.24) is 15.2 Å². The van der Waals surface area contributed by atoms with Gasteiger partial charge in [-0.25, -0.2) is 4.98 Å². The van der Waals surface area contributed by atoms with E-state index in [0.717, 1.165) is 38.5 Å². The van der Waals surface area contributed by atoms with Gasteiger partial charge in [-0.15, -0.1) is 0 Å². The van der Waals surface area contributed by atoms with Crippen molar-refractivity contribution in [2.24, 2.45) is 0 Å². The average Bonchev–Trinajstić information content (AvgIpc) is 2.40. The molecule has 4 nitrogen and oxygen atoms in total. The predicted octanol–water partition coefficient (Wildman–Crippen LogP) is 1.33. The SMILES string of the molecule is CCNCc1cccnc1N1CCN(C)C(C)C1. The maximum Gasteiger partial charge on any atom is 0.133 e. The van der Waals surface area contributed by atoms with Crippen molar-refractivity contribution in [3.8, 4) is 0 Å². The van der Waals surface area contributed by atoms with E-state index in [1.54, 1.807) is 0 Å². The van der Waals surface area contributed by atoms with Gasteiger partial charge in [-0.1, -0.05) is 13.0 Å². The smallest absolute Gasteiger partial charge is 0.133 e. The fraction of sp³-hybridized carbons (Fsp3) is 0.643. The standard InChI is InChI=1S/C14H24N4/c1-4-15-10-13-6-5-7-16-14(13)18-9-8-17(3)12(2)11-18/h5-7,12,15H,4,8-11H2,1-3H3. The van der Waals surface area contributed by atoms with Crippen molar-refractivity contribution in [3.63, 3.8) is 0 Å². The molecule has 2 rings (SSSR count). The Kier molecular flexibility index (Phi) is 4.55. The van der Waals surface area contributed by atoms with Gasteiger partial charge in [0.1, 0.15) is 5.82 Å². The minimum absolute atomic E-state index is 0.591. The van der Waals surface area contributed by atoms with Gasteiger partial charge in [0.25, 0.3) is 0 Å². The number of rotatable bonds is 4. The maximum atomic E-state index is 4.58. The molecule has 18 heavy (non-hydrogen) atoms. The molecule has 1 aliphatic rings. The van der Waals surface area contributed by atoms with Crippen LogP contribution in [0.5, 0.6) is 0 Å². The van der Waals surface area contributed by atoms with Gasteiger partial charge in [0, 0.05) is 44.0 Å². The second kappa shape index (κ2) is 6.16. The molecule has 0 radical (unpaired) electrons. The van der Waals surface area contributed by atoms with Crippen molar-refractivity contribution in [1.29, 1.82) is 0 Å². The topological polar surface area (TPSA) is 31.4 Å². The van der Waals surface area contributed by atoms with E-state index >= 15 is 0 Å². The molecule has 1 aliphatic heterocycles. The van der Waals surface area contributed by atoms with Crippen LogP contribution in [0.3, 0.4) is 0 Å². The number of nitrogens with zero attached hydrogens (tertiary/aromatic N) is 3. The van der Waals surface area contributed by atoms with E-state index in [1.165, 1.54) is 5.56 Å². The lowest BCUT2D eigenvalue weighted by atomic mass is 10.1. The molecule has 1 aromatic rings. The molecular formula is C14H24N4. The molecule has 1 unspecified atom stereocenters. The van der Waals surface area contributed by atoms with Crippen LogP contribution in [0.1, 0.15) is 19.4 Å². The molecule has 1 atom stereocenters. The molecule has 1 aromatic heterocycles. The van der Waals surface area contributed by atoms with Crippen molar-refractivity contribution in [2.75, 3.05) is 38.1 Å². The average molecular weight is 248 g/mol. The van der Waals surface area contributed by atoms with Gasteiger partial charge < -0.3 is 15.1 Å². The Morgan fingerprint density at radius 1 is 1.44 bits per heavy atom. The van der Waals surface area contributed by atoms with Crippen LogP contribution >= 0.6 is 0 Å². The summed E-state index contributed by atoms with van der Waals surface area (Å²) in [6.07, 6.45) is 1.90. The molecule has 1 N–H and O–H groups in total. The van der Waals surface area contributed by atoms with Gasteiger partial charge in [-0.05, 0) is 26.6 Å². The third-order valence-corrected chi connectivity index (χ3v) is 3.69. The molecule has 0 amide bonds. The van der Waals surface area contributed by atoms with Crippen LogP contribution < -0.4 is 10.2 Å². The summed E-state index contributed by atoms with van der Waals surface area (Å²) in [6.45, 7) is 9.54. The molecule has 1 saturated heterocycles. The molecule has 4 heteroatoms. The summed E-state index contributed by atoms with van der Waals surface area (Å²) in [7, 11) is 2.19. The summed E-state index contributed by atoms with van der Waals surface area (Å²) < 4.78 is 0. The Balaban J connectivity index is 2.12. The van der Waals surface area contributed by atoms with E-state index in [1.807, 2.05) is 12.3 Å². The molecule has 100 valence electrons. The summed E-state index contributed by atoms with van der Waals surface area (Å²) in [5.41, 5.74) is 1.30. The second-order valence-electron chi connectivity index (χ2n) is 5.04. The normalized spacial score (nSPS) is 21.3. The Hall–Kier alpha value is -1.13. The first-order valence-corrected chi connectivity index (χ1v) is 6.82. The summed E-state index contributed by atoms with van der Waals surface area (Å²) in [5.74, 6) is 1.15. The third kappa shape index (κ3) is 3.00. The zero-order chi connectivity index (χ0) is 13.0. The number of pyridine rings is 1. The van der Waals surface area contributed by atoms with Crippen LogP contribution in [-0.4, -0.2) is 49.2 Å². The van der Waals surface area contributed by atoms with Gasteiger partial charge in [-0.2, -0.15) is 0 Å². The van der Waals surface area contributed by atoms with E-state index in [-0.39, 0.29) is 0 Å². The lowest BCUT2D eigenvalue weighted by molar-refractivity contribution is 0.233. The molecular weight excluding hydrogens is 224 g/mol. The summed E-state index contributed by atoms with van der Waals surface area (Å²) in [6, 6.07) is 4.79. The van der Waals surface area contributed by atoms with Crippen LogP contribution in [-0.2, 0) is 6.54 Å². The van der Waals surface area contributed by atoms with Gasteiger partial charge in [0.2, 0.25) is 0 Å². The van der Waals surface area contributed by atoms with Gasteiger partial charge >= 0.3 is 0 Å². The maximum absolute atomic E-state index is 4.58. The second-order valence-corrected chi connectivity index (χ2v) is 5.04. The number of aromatic nitrogens is 1. The van der Waals surface area contributed by atoms with Crippen LogP contribution in [0, 0.1) is 0 Å². The molecule has 0 bridgehead atoms. The number of likely N-dealkylation sites (N-methyl/N-ethyl adjacent to an activating group) is 1. The zero-order valence-electron chi connectivity index (χ0n) is 11.7. The van der Waals surface area contributed by atoms with E-state index in [2.05, 4.69) is 47.1 Å². The van der Waals surface area contributed by atoms with Gasteiger partial charge in [0.15, 0.2) is 0 Å². The number of hydrogen-bond acceptors (Lipinski definition) is 4. The van der Waals surface area contributed by atoms with Crippen molar-refractivity contribution >= 4 is 5.82 Å². The Morgan fingerprint density at radius 3 is 3.00 bits per heavy atom. The highest BCUT2D eigenvalue weighted by molar-refractivity contribution is 5.47. The lowest BCUT2D eigenvalue weighted by Gasteiger charge is -2.39. The Labute approximate surface area is 110 Å². The molecule has 0 aromatic carbocycles. The van der Waals surface area contributed by atoms with Crippen LogP contribution in [0.4, 0.5) is 5.82 Å². The summed E-state index contributed by atoms with van der Waals surface area (Å²) in [5, 5.41) is 3.39. The van der Waals surface area contributed by atoms with Crippen molar-refractivity contribution in [2.45, 2.75) is 26.4 Å². The van der Waals surface area contributed by atoms with E-state index in [4.69, 9.17) is 0 Å². The number of hydrogen-bond donors (Lipinski definition) is 1. The first-order chi connectivity index (χ1) is 8.72.